The predicted molar refractivity (Wildman–Crippen MR) is 173 cm³/mol. The highest BCUT2D eigenvalue weighted by atomic mass is 28.4. The van der Waals surface area contributed by atoms with Gasteiger partial charge in [-0.25, -0.2) is 9.69 Å². The van der Waals surface area contributed by atoms with Gasteiger partial charge in [0.05, 0.1) is 12.1 Å². The first kappa shape index (κ1) is 32.2. The van der Waals surface area contributed by atoms with Gasteiger partial charge in [0.15, 0.2) is 0 Å². The second kappa shape index (κ2) is 12.9. The number of hydrogen-bond acceptors (Lipinski definition) is 4. The Morgan fingerprint density at radius 1 is 0.952 bits per heavy atom. The molecule has 228 valence electrons. The maximum atomic E-state index is 13.6. The lowest BCUT2D eigenvalue weighted by molar-refractivity contribution is -0.125. The van der Waals surface area contributed by atoms with Crippen LogP contribution in [-0.2, 0) is 14.0 Å². The Kier molecular flexibility index (Phi) is 9.88. The highest BCUT2D eigenvalue weighted by Gasteiger charge is 2.53. The molecule has 2 aromatic carbocycles. The summed E-state index contributed by atoms with van der Waals surface area (Å²) in [7, 11) is -2.80. The standard InChI is InChI=1S/C36H51NO4Si/c1-26(2)33-36(7,8)40-34(39)37(33)31(38)25-24-27(3)32(28-18-12-9-13-19-28)41-42(35(4,5)6,29-20-14-10-15-21-29)30-22-16-11-17-23-30/h10-11,14-17,20-28,32-33H,9,12-13,18-19H2,1-8H3/b25-24+/t27-,32-,33+/m1/s1. The summed E-state index contributed by atoms with van der Waals surface area (Å²) < 4.78 is 13.3. The van der Waals surface area contributed by atoms with Gasteiger partial charge in [-0.3, -0.25) is 4.79 Å². The van der Waals surface area contributed by atoms with E-state index >= 15 is 0 Å². The number of carbonyl (C=O) groups is 2. The van der Waals surface area contributed by atoms with Crippen LogP contribution in [0.15, 0.2) is 72.8 Å². The molecule has 1 aliphatic heterocycles. The minimum atomic E-state index is -2.80. The summed E-state index contributed by atoms with van der Waals surface area (Å²) in [5.74, 6) is 0.135. The van der Waals surface area contributed by atoms with E-state index in [1.54, 1.807) is 6.08 Å². The summed E-state index contributed by atoms with van der Waals surface area (Å²) in [6, 6.07) is 21.2. The van der Waals surface area contributed by atoms with Crippen molar-refractivity contribution in [3.8, 4) is 0 Å². The fourth-order valence-electron chi connectivity index (χ4n) is 7.50. The fraction of sp³-hybridized carbons (Fsp3) is 0.556. The molecule has 2 aliphatic rings. The second-order valence-electron chi connectivity index (χ2n) is 14.2. The molecule has 2 fully saturated rings. The quantitative estimate of drug-likeness (QED) is 0.225. The first-order valence-electron chi connectivity index (χ1n) is 15.8. The van der Waals surface area contributed by atoms with Gasteiger partial charge in [0.25, 0.3) is 14.2 Å². The third kappa shape index (κ3) is 6.45. The van der Waals surface area contributed by atoms with Gasteiger partial charge in [0.2, 0.25) is 0 Å². The van der Waals surface area contributed by atoms with Crippen molar-refractivity contribution in [1.29, 1.82) is 0 Å². The van der Waals surface area contributed by atoms with Gasteiger partial charge >= 0.3 is 6.09 Å². The lowest BCUT2D eigenvalue weighted by Gasteiger charge is -2.48. The molecule has 6 heteroatoms. The van der Waals surface area contributed by atoms with E-state index in [1.807, 2.05) is 33.8 Å². The third-order valence-electron chi connectivity index (χ3n) is 9.31. The molecule has 0 unspecified atom stereocenters. The minimum absolute atomic E-state index is 0.0252. The number of rotatable bonds is 9. The summed E-state index contributed by atoms with van der Waals surface area (Å²) >= 11 is 0. The van der Waals surface area contributed by atoms with Crippen LogP contribution in [-0.4, -0.2) is 43.0 Å². The lowest BCUT2D eigenvalue weighted by atomic mass is 9.81. The number of amides is 2. The van der Waals surface area contributed by atoms with E-state index in [2.05, 4.69) is 88.4 Å². The summed E-state index contributed by atoms with van der Waals surface area (Å²) in [5, 5.41) is 2.38. The molecule has 0 spiro atoms. The first-order valence-corrected chi connectivity index (χ1v) is 17.7. The molecule has 1 saturated heterocycles. The maximum Gasteiger partial charge on any atom is 0.417 e. The Balaban J connectivity index is 1.74. The van der Waals surface area contributed by atoms with Crippen LogP contribution in [0.1, 0.15) is 87.5 Å². The number of ether oxygens (including phenoxy) is 1. The van der Waals surface area contributed by atoms with Crippen molar-refractivity contribution in [3.63, 3.8) is 0 Å². The van der Waals surface area contributed by atoms with E-state index < -0.39 is 20.0 Å². The summed E-state index contributed by atoms with van der Waals surface area (Å²) in [6.07, 6.45) is 8.85. The largest absolute Gasteiger partial charge is 0.441 e. The van der Waals surface area contributed by atoms with Gasteiger partial charge in [0, 0.05) is 6.08 Å². The zero-order valence-corrected chi connectivity index (χ0v) is 27.9. The van der Waals surface area contributed by atoms with Gasteiger partial charge in [0.1, 0.15) is 5.60 Å². The number of benzene rings is 2. The molecule has 2 aromatic rings. The zero-order chi connectivity index (χ0) is 30.7. The van der Waals surface area contributed by atoms with Crippen LogP contribution in [0.3, 0.4) is 0 Å². The average Bonchev–Trinajstić information content (AvgIpc) is 3.21. The lowest BCUT2D eigenvalue weighted by Crippen LogP contribution is -2.68. The molecular weight excluding hydrogens is 538 g/mol. The Morgan fingerprint density at radius 2 is 1.48 bits per heavy atom. The van der Waals surface area contributed by atoms with Gasteiger partial charge in [-0.1, -0.05) is 128 Å². The number of hydrogen-bond donors (Lipinski definition) is 0. The number of carbonyl (C=O) groups excluding carboxylic acids is 2. The molecule has 0 aromatic heterocycles. The number of nitrogens with zero attached hydrogens (tertiary/aromatic N) is 1. The van der Waals surface area contributed by atoms with Crippen molar-refractivity contribution in [2.75, 3.05) is 0 Å². The molecule has 0 bridgehead atoms. The SMILES string of the molecule is CC(C)[C@@H]1N(C(=O)/C=C/[C@@H](C)[C@@H](O[Si](c2ccccc2)(c2ccccc2)C(C)(C)C)C2CCCCC2)C(=O)OC1(C)C. The van der Waals surface area contributed by atoms with Crippen molar-refractivity contribution < 1.29 is 18.8 Å². The highest BCUT2D eigenvalue weighted by Crippen LogP contribution is 2.42. The Hall–Kier alpha value is -2.70. The number of imide groups is 1. The molecule has 0 N–H and O–H groups in total. The molecular formula is C36H51NO4Si. The molecule has 3 atom stereocenters. The molecule has 1 heterocycles. The van der Waals surface area contributed by atoms with Crippen LogP contribution in [0.5, 0.6) is 0 Å². The van der Waals surface area contributed by atoms with E-state index in [1.165, 1.54) is 34.5 Å². The van der Waals surface area contributed by atoms with Gasteiger partial charge in [-0.2, -0.15) is 0 Å². The maximum absolute atomic E-state index is 13.6. The normalized spacial score (nSPS) is 21.5. The van der Waals surface area contributed by atoms with Gasteiger partial charge in [-0.05, 0) is 59.9 Å². The van der Waals surface area contributed by atoms with E-state index in [0.717, 1.165) is 12.8 Å². The monoisotopic (exact) mass is 589 g/mol. The van der Waals surface area contributed by atoms with Crippen molar-refractivity contribution in [3.05, 3.63) is 72.8 Å². The first-order chi connectivity index (χ1) is 19.8. The molecule has 1 saturated carbocycles. The molecule has 4 rings (SSSR count). The molecule has 1 aliphatic carbocycles. The van der Waals surface area contributed by atoms with Crippen LogP contribution in [0, 0.1) is 17.8 Å². The minimum Gasteiger partial charge on any atom is -0.441 e. The zero-order valence-electron chi connectivity index (χ0n) is 26.9. The summed E-state index contributed by atoms with van der Waals surface area (Å²) in [4.78, 5) is 27.7. The average molecular weight is 590 g/mol. The molecule has 0 radical (unpaired) electrons. The van der Waals surface area contributed by atoms with Crippen molar-refractivity contribution in [2.24, 2.45) is 17.8 Å². The van der Waals surface area contributed by atoms with E-state index in [9.17, 15) is 9.59 Å². The van der Waals surface area contributed by atoms with Crippen LogP contribution in [0.4, 0.5) is 4.79 Å². The van der Waals surface area contributed by atoms with Gasteiger partial charge in [-0.15, -0.1) is 0 Å². The van der Waals surface area contributed by atoms with E-state index in [4.69, 9.17) is 9.16 Å². The Morgan fingerprint density at radius 3 is 1.95 bits per heavy atom. The van der Waals surface area contributed by atoms with Crippen molar-refractivity contribution in [1.82, 2.24) is 4.90 Å². The van der Waals surface area contributed by atoms with Crippen LogP contribution >= 0.6 is 0 Å². The molecule has 42 heavy (non-hydrogen) atoms. The number of cyclic esters (lactones) is 1. The van der Waals surface area contributed by atoms with Crippen molar-refractivity contribution in [2.45, 2.75) is 110 Å². The topological polar surface area (TPSA) is 55.8 Å². The predicted octanol–water partition coefficient (Wildman–Crippen LogP) is 7.49. The highest BCUT2D eigenvalue weighted by molar-refractivity contribution is 6.99. The van der Waals surface area contributed by atoms with Crippen molar-refractivity contribution >= 4 is 30.7 Å². The van der Waals surface area contributed by atoms with E-state index in [-0.39, 0.29) is 34.9 Å². The smallest absolute Gasteiger partial charge is 0.417 e. The Bertz CT molecular complexity index is 1190. The fourth-order valence-corrected chi connectivity index (χ4v) is 12.3. The third-order valence-corrected chi connectivity index (χ3v) is 14.3. The van der Waals surface area contributed by atoms with Crippen LogP contribution in [0.25, 0.3) is 0 Å². The summed E-state index contributed by atoms with van der Waals surface area (Å²) in [6.45, 7) is 16.9. The molecule has 2 amide bonds. The van der Waals surface area contributed by atoms with Crippen LogP contribution in [0.2, 0.25) is 5.04 Å². The van der Waals surface area contributed by atoms with E-state index in [0.29, 0.717) is 5.92 Å². The van der Waals surface area contributed by atoms with Gasteiger partial charge < -0.3 is 9.16 Å². The Labute approximate surface area is 254 Å². The molecule has 5 nitrogen and oxygen atoms in total. The second-order valence-corrected chi connectivity index (χ2v) is 18.5. The summed E-state index contributed by atoms with van der Waals surface area (Å²) in [5.41, 5.74) is -0.725. The van der Waals surface area contributed by atoms with Crippen LogP contribution < -0.4 is 10.4 Å².